The highest BCUT2D eigenvalue weighted by molar-refractivity contribution is 6.05. The zero-order chi connectivity index (χ0) is 21.7. The zero-order valence-electron chi connectivity index (χ0n) is 16.7. The van der Waals surface area contributed by atoms with Crippen LogP contribution in [-0.2, 0) is 11.3 Å². The molecular weight excluding hydrogens is 390 g/mol. The first-order chi connectivity index (χ1) is 14.5. The molecule has 0 spiro atoms. The number of benzene rings is 1. The van der Waals surface area contributed by atoms with Gasteiger partial charge in [0, 0.05) is 20.2 Å². The molecule has 0 fully saturated rings. The third kappa shape index (κ3) is 4.15. The number of nitrogens with zero attached hydrogens (tertiary/aromatic N) is 5. The van der Waals surface area contributed by atoms with Gasteiger partial charge < -0.3 is 10.5 Å². The Morgan fingerprint density at radius 3 is 2.67 bits per heavy atom. The predicted octanol–water partition coefficient (Wildman–Crippen LogP) is 0.403. The minimum Gasteiger partial charge on any atom is -0.383 e. The average Bonchev–Trinajstić information content (AvgIpc) is 3.24. The van der Waals surface area contributed by atoms with Crippen molar-refractivity contribution >= 4 is 17.4 Å². The molecule has 0 aliphatic heterocycles. The predicted molar refractivity (Wildman–Crippen MR) is 111 cm³/mol. The minimum atomic E-state index is -0.759. The summed E-state index contributed by atoms with van der Waals surface area (Å²) in [6, 6.07) is 9.08. The summed E-state index contributed by atoms with van der Waals surface area (Å²) < 4.78 is 6.31. The van der Waals surface area contributed by atoms with Gasteiger partial charge in [-0.15, -0.1) is 5.10 Å². The molecule has 0 aliphatic rings. The number of hydrogen-bond donors (Lipinski definition) is 2. The largest absolute Gasteiger partial charge is 0.383 e. The molecule has 2 heterocycles. The number of para-hydroxylation sites is 1. The van der Waals surface area contributed by atoms with Gasteiger partial charge >= 0.3 is 5.69 Å². The van der Waals surface area contributed by atoms with E-state index < -0.39 is 17.2 Å². The molecule has 0 saturated carbocycles. The van der Waals surface area contributed by atoms with Crippen LogP contribution < -0.4 is 21.9 Å². The average molecular weight is 413 g/mol. The number of rotatable bonds is 8. The smallest absolute Gasteiger partial charge is 0.330 e. The lowest BCUT2D eigenvalue weighted by molar-refractivity contribution is 0.0970. The van der Waals surface area contributed by atoms with Crippen LogP contribution in [0.15, 0.2) is 46.1 Å². The molecule has 11 nitrogen and oxygen atoms in total. The van der Waals surface area contributed by atoms with Crippen LogP contribution >= 0.6 is 0 Å². The molecule has 11 heteroatoms. The van der Waals surface area contributed by atoms with Gasteiger partial charge in [0.15, 0.2) is 11.4 Å². The van der Waals surface area contributed by atoms with E-state index in [9.17, 15) is 14.4 Å². The summed E-state index contributed by atoms with van der Waals surface area (Å²) in [6.07, 6.45) is 1.93. The Balaban J connectivity index is 2.05. The minimum absolute atomic E-state index is 0.0157. The summed E-state index contributed by atoms with van der Waals surface area (Å²) in [7, 11) is 1.47. The molecule has 3 aromatic rings. The summed E-state index contributed by atoms with van der Waals surface area (Å²) >= 11 is 0. The number of aromatic amines is 1. The topological polar surface area (TPSA) is 141 Å². The number of hydrogen-bond acceptors (Lipinski definition) is 7. The second kappa shape index (κ2) is 9.18. The Hall–Kier alpha value is -3.73. The summed E-state index contributed by atoms with van der Waals surface area (Å²) in [4.78, 5) is 42.6. The van der Waals surface area contributed by atoms with E-state index >= 15 is 0 Å². The maximum absolute atomic E-state index is 13.2. The number of anilines is 2. The van der Waals surface area contributed by atoms with Crippen LogP contribution in [0, 0.1) is 0 Å². The van der Waals surface area contributed by atoms with Crippen molar-refractivity contribution in [1.82, 2.24) is 24.5 Å². The lowest BCUT2D eigenvalue weighted by atomic mass is 10.3. The first-order valence-electron chi connectivity index (χ1n) is 9.39. The van der Waals surface area contributed by atoms with Crippen molar-refractivity contribution in [2.24, 2.45) is 0 Å². The summed E-state index contributed by atoms with van der Waals surface area (Å²) in [5.41, 5.74) is 5.30. The van der Waals surface area contributed by atoms with Crippen molar-refractivity contribution in [3.63, 3.8) is 0 Å². The van der Waals surface area contributed by atoms with Gasteiger partial charge in [-0.1, -0.05) is 25.1 Å². The Labute approximate surface area is 171 Å². The number of ether oxygens (including phenoxy) is 1. The lowest BCUT2D eigenvalue weighted by Gasteiger charge is -2.23. The highest BCUT2D eigenvalue weighted by Crippen LogP contribution is 2.19. The molecule has 0 radical (unpaired) electrons. The fourth-order valence-electron chi connectivity index (χ4n) is 2.97. The van der Waals surface area contributed by atoms with E-state index in [0.29, 0.717) is 18.7 Å². The summed E-state index contributed by atoms with van der Waals surface area (Å²) in [6.45, 7) is 2.34. The van der Waals surface area contributed by atoms with Gasteiger partial charge in [0.25, 0.3) is 11.5 Å². The number of H-pyrrole nitrogens is 1. The van der Waals surface area contributed by atoms with E-state index in [1.54, 1.807) is 12.1 Å². The van der Waals surface area contributed by atoms with Crippen LogP contribution in [-0.4, -0.2) is 50.7 Å². The summed E-state index contributed by atoms with van der Waals surface area (Å²) in [5.74, 6) is -0.682. The van der Waals surface area contributed by atoms with E-state index in [4.69, 9.17) is 10.5 Å². The zero-order valence-corrected chi connectivity index (χ0v) is 16.7. The van der Waals surface area contributed by atoms with Gasteiger partial charge in [-0.2, -0.15) is 9.90 Å². The lowest BCUT2D eigenvalue weighted by Crippen LogP contribution is -2.42. The highest BCUT2D eigenvalue weighted by Gasteiger charge is 2.27. The Morgan fingerprint density at radius 1 is 1.27 bits per heavy atom. The van der Waals surface area contributed by atoms with Gasteiger partial charge in [0.05, 0.1) is 18.5 Å². The van der Waals surface area contributed by atoms with Crippen LogP contribution in [0.1, 0.15) is 23.8 Å². The molecule has 0 atom stereocenters. The van der Waals surface area contributed by atoms with Crippen molar-refractivity contribution in [2.45, 2.75) is 19.9 Å². The maximum Gasteiger partial charge on any atom is 0.330 e. The molecule has 0 aliphatic carbocycles. The molecule has 3 rings (SSSR count). The Morgan fingerprint density at radius 2 is 2.00 bits per heavy atom. The van der Waals surface area contributed by atoms with E-state index in [-0.39, 0.29) is 30.4 Å². The number of nitrogen functional groups attached to an aromatic ring is 1. The van der Waals surface area contributed by atoms with Crippen LogP contribution in [0.3, 0.4) is 0 Å². The molecular formula is C19H23N7O4. The molecule has 0 saturated heterocycles. The molecule has 1 aromatic carbocycles. The second-order valence-electron chi connectivity index (χ2n) is 6.45. The number of carbonyl (C=O) groups is 1. The number of amides is 1. The monoisotopic (exact) mass is 413 g/mol. The van der Waals surface area contributed by atoms with Gasteiger partial charge in [-0.25, -0.2) is 4.79 Å². The van der Waals surface area contributed by atoms with Crippen LogP contribution in [0.25, 0.3) is 5.69 Å². The van der Waals surface area contributed by atoms with Crippen molar-refractivity contribution < 1.29 is 9.53 Å². The molecule has 1 amide bonds. The van der Waals surface area contributed by atoms with Crippen molar-refractivity contribution in [3.05, 3.63) is 63.1 Å². The van der Waals surface area contributed by atoms with Gasteiger partial charge in [-0.3, -0.25) is 24.0 Å². The number of methoxy groups -OCH3 is 1. The normalized spacial score (nSPS) is 10.9. The fraction of sp³-hybridized carbons (Fsp3) is 0.316. The number of aromatic nitrogens is 5. The van der Waals surface area contributed by atoms with Gasteiger partial charge in [0.2, 0.25) is 0 Å². The molecule has 0 unspecified atom stereocenters. The molecule has 3 N–H and O–H groups in total. The standard InChI is InChI=1S/C19H23N7O4/c1-3-9-25-16(20)15(17(27)22-19(25)29)24(10-11-30-2)18(28)14-12-21-26(23-14)13-7-5-4-6-8-13/h4-8,12H,3,9-11,20H2,1-2H3,(H,22,27,29). The van der Waals surface area contributed by atoms with Gasteiger partial charge in [0.1, 0.15) is 5.82 Å². The second-order valence-corrected chi connectivity index (χ2v) is 6.45. The quantitative estimate of drug-likeness (QED) is 0.544. The third-order valence-corrected chi connectivity index (χ3v) is 4.39. The molecule has 30 heavy (non-hydrogen) atoms. The third-order valence-electron chi connectivity index (χ3n) is 4.39. The van der Waals surface area contributed by atoms with Crippen molar-refractivity contribution in [1.29, 1.82) is 0 Å². The first kappa shape index (κ1) is 21.0. The highest BCUT2D eigenvalue weighted by atomic mass is 16.5. The Bertz CT molecular complexity index is 1130. The van der Waals surface area contributed by atoms with Gasteiger partial charge in [-0.05, 0) is 18.6 Å². The fourth-order valence-corrected chi connectivity index (χ4v) is 2.97. The van der Waals surface area contributed by atoms with Crippen LogP contribution in [0.4, 0.5) is 11.5 Å². The maximum atomic E-state index is 13.2. The molecule has 0 bridgehead atoms. The summed E-state index contributed by atoms with van der Waals surface area (Å²) in [5, 5.41) is 8.35. The van der Waals surface area contributed by atoms with E-state index in [1.165, 1.54) is 22.7 Å². The number of nitrogens with two attached hydrogens (primary N) is 1. The first-order valence-corrected chi connectivity index (χ1v) is 9.39. The van der Waals surface area contributed by atoms with Crippen LogP contribution in [0.5, 0.6) is 0 Å². The van der Waals surface area contributed by atoms with E-state index in [0.717, 1.165) is 4.90 Å². The molecule has 2 aromatic heterocycles. The number of carbonyl (C=O) groups excluding carboxylic acids is 1. The van der Waals surface area contributed by atoms with E-state index in [2.05, 4.69) is 15.2 Å². The van der Waals surface area contributed by atoms with E-state index in [1.807, 2.05) is 25.1 Å². The SMILES string of the molecule is CCCn1c(N)c(N(CCOC)C(=O)c2cnn(-c3ccccc3)n2)c(=O)[nH]c1=O. The number of nitrogens with one attached hydrogen (secondary N) is 1. The van der Waals surface area contributed by atoms with Crippen molar-refractivity contribution in [3.8, 4) is 5.69 Å². The Kier molecular flexibility index (Phi) is 6.42. The van der Waals surface area contributed by atoms with Crippen LogP contribution in [0.2, 0.25) is 0 Å². The molecule has 158 valence electrons. The van der Waals surface area contributed by atoms with Crippen molar-refractivity contribution in [2.75, 3.05) is 30.9 Å².